The zero-order chi connectivity index (χ0) is 14.3. The molecule has 5 heteroatoms. The average molecular weight is 268 g/mol. The van der Waals surface area contributed by atoms with Crippen LogP contribution in [0.4, 0.5) is 4.39 Å². The fourth-order valence-corrected chi connectivity index (χ4v) is 1.78. The Morgan fingerprint density at radius 3 is 2.84 bits per heavy atom. The Hall–Kier alpha value is -1.33. The maximum atomic E-state index is 12.7. The van der Waals surface area contributed by atoms with Crippen LogP contribution in [0.1, 0.15) is 24.3 Å². The number of likely N-dealkylation sites (N-methyl/N-ethyl adjacent to an activating group) is 1. The molecule has 0 saturated carbocycles. The van der Waals surface area contributed by atoms with Gasteiger partial charge < -0.3 is 9.64 Å². The quantitative estimate of drug-likeness (QED) is 0.534. The van der Waals surface area contributed by atoms with Crippen LogP contribution in [0.3, 0.4) is 0 Å². The van der Waals surface area contributed by atoms with Crippen molar-refractivity contribution < 1.29 is 13.9 Å². The SMILES string of the molecule is CCOCCN(C)CC(C)C(=O)c1ccc(F)cn1. The molecule has 0 bridgehead atoms. The molecule has 1 aromatic heterocycles. The third kappa shape index (κ3) is 5.44. The van der Waals surface area contributed by atoms with Crippen molar-refractivity contribution in [3.05, 3.63) is 29.8 Å². The lowest BCUT2D eigenvalue weighted by atomic mass is 10.0. The Morgan fingerprint density at radius 2 is 2.26 bits per heavy atom. The lowest BCUT2D eigenvalue weighted by Gasteiger charge is -2.20. The van der Waals surface area contributed by atoms with Crippen molar-refractivity contribution in [3.8, 4) is 0 Å². The van der Waals surface area contributed by atoms with Crippen LogP contribution >= 0.6 is 0 Å². The average Bonchev–Trinajstić information content (AvgIpc) is 2.39. The summed E-state index contributed by atoms with van der Waals surface area (Å²) in [5.74, 6) is -0.675. The molecule has 1 unspecified atom stereocenters. The van der Waals surface area contributed by atoms with E-state index in [2.05, 4.69) is 4.98 Å². The number of hydrogen-bond acceptors (Lipinski definition) is 4. The number of carbonyl (C=O) groups excluding carboxylic acids is 1. The normalized spacial score (nSPS) is 12.7. The molecule has 1 heterocycles. The van der Waals surface area contributed by atoms with Crippen molar-refractivity contribution in [3.63, 3.8) is 0 Å². The van der Waals surface area contributed by atoms with E-state index in [9.17, 15) is 9.18 Å². The van der Waals surface area contributed by atoms with Gasteiger partial charge in [-0.2, -0.15) is 0 Å². The van der Waals surface area contributed by atoms with Crippen LogP contribution < -0.4 is 0 Å². The van der Waals surface area contributed by atoms with Gasteiger partial charge in [-0.25, -0.2) is 4.39 Å². The van der Waals surface area contributed by atoms with Crippen molar-refractivity contribution in [2.45, 2.75) is 13.8 Å². The maximum Gasteiger partial charge on any atom is 0.185 e. The monoisotopic (exact) mass is 268 g/mol. The fraction of sp³-hybridized carbons (Fsp3) is 0.571. The number of ketones is 1. The molecule has 106 valence electrons. The molecule has 4 nitrogen and oxygen atoms in total. The number of ether oxygens (including phenoxy) is 1. The van der Waals surface area contributed by atoms with Crippen LogP contribution in [0.25, 0.3) is 0 Å². The highest BCUT2D eigenvalue weighted by Crippen LogP contribution is 2.08. The lowest BCUT2D eigenvalue weighted by Crippen LogP contribution is -2.31. The van der Waals surface area contributed by atoms with Crippen molar-refractivity contribution in [1.82, 2.24) is 9.88 Å². The van der Waals surface area contributed by atoms with E-state index in [4.69, 9.17) is 4.74 Å². The molecule has 1 atom stereocenters. The largest absolute Gasteiger partial charge is 0.380 e. The summed E-state index contributed by atoms with van der Waals surface area (Å²) in [6.45, 7) is 6.56. The molecule has 0 fully saturated rings. The van der Waals surface area contributed by atoms with Crippen LogP contribution in [0, 0.1) is 11.7 Å². The van der Waals surface area contributed by atoms with E-state index >= 15 is 0 Å². The van der Waals surface area contributed by atoms with Crippen LogP contribution in [-0.4, -0.2) is 49.0 Å². The molecule has 0 spiro atoms. The summed E-state index contributed by atoms with van der Waals surface area (Å²) >= 11 is 0. The number of nitrogens with zero attached hydrogens (tertiary/aromatic N) is 2. The van der Waals surface area contributed by atoms with E-state index < -0.39 is 5.82 Å². The van der Waals surface area contributed by atoms with Crippen LogP contribution in [-0.2, 0) is 4.74 Å². The Kier molecular flexibility index (Phi) is 6.59. The van der Waals surface area contributed by atoms with Gasteiger partial charge in [0.2, 0.25) is 0 Å². The highest BCUT2D eigenvalue weighted by molar-refractivity contribution is 5.95. The molecule has 0 radical (unpaired) electrons. The van der Waals surface area contributed by atoms with Gasteiger partial charge in [0.25, 0.3) is 0 Å². The summed E-state index contributed by atoms with van der Waals surface area (Å²) in [6, 6.07) is 2.68. The first kappa shape index (κ1) is 15.7. The number of pyridine rings is 1. The first-order chi connectivity index (χ1) is 9.04. The molecule has 1 rings (SSSR count). The van der Waals surface area contributed by atoms with Crippen molar-refractivity contribution in [2.75, 3.05) is 33.4 Å². The first-order valence-corrected chi connectivity index (χ1v) is 6.46. The smallest absolute Gasteiger partial charge is 0.185 e. The number of halogens is 1. The van der Waals surface area contributed by atoms with Gasteiger partial charge in [0.1, 0.15) is 11.5 Å². The summed E-state index contributed by atoms with van der Waals surface area (Å²) in [5.41, 5.74) is 0.312. The standard InChI is InChI=1S/C14H21FN2O2/c1-4-19-8-7-17(3)10-11(2)14(18)13-6-5-12(15)9-16-13/h5-6,9,11H,4,7-8,10H2,1-3H3. The molecule has 0 aromatic carbocycles. The van der Waals surface area contributed by atoms with Crippen LogP contribution in [0.2, 0.25) is 0 Å². The summed E-state index contributed by atoms with van der Waals surface area (Å²) in [7, 11) is 1.95. The minimum atomic E-state index is -0.432. The van der Waals surface area contributed by atoms with Crippen molar-refractivity contribution in [2.24, 2.45) is 5.92 Å². The maximum absolute atomic E-state index is 12.7. The van der Waals surface area contributed by atoms with Gasteiger partial charge in [-0.05, 0) is 26.1 Å². The van der Waals surface area contributed by atoms with Gasteiger partial charge in [-0.15, -0.1) is 0 Å². The molecular formula is C14H21FN2O2. The second-order valence-electron chi connectivity index (χ2n) is 4.59. The lowest BCUT2D eigenvalue weighted by molar-refractivity contribution is 0.0864. The molecule has 0 amide bonds. The first-order valence-electron chi connectivity index (χ1n) is 6.46. The summed E-state index contributed by atoms with van der Waals surface area (Å²) in [4.78, 5) is 17.9. The zero-order valence-corrected chi connectivity index (χ0v) is 11.7. The summed E-state index contributed by atoms with van der Waals surface area (Å²) < 4.78 is 18.0. The van der Waals surface area contributed by atoms with E-state index in [1.165, 1.54) is 12.1 Å². The summed E-state index contributed by atoms with van der Waals surface area (Å²) in [6.07, 6.45) is 1.07. The van der Waals surface area contributed by atoms with Gasteiger partial charge in [0, 0.05) is 25.6 Å². The third-order valence-corrected chi connectivity index (χ3v) is 2.83. The highest BCUT2D eigenvalue weighted by atomic mass is 19.1. The molecule has 0 aliphatic heterocycles. The van der Waals surface area contributed by atoms with Crippen LogP contribution in [0.15, 0.2) is 18.3 Å². The van der Waals surface area contributed by atoms with Gasteiger partial charge in [-0.1, -0.05) is 6.92 Å². The molecule has 1 aromatic rings. The molecule has 0 N–H and O–H groups in total. The Morgan fingerprint density at radius 1 is 1.53 bits per heavy atom. The van der Waals surface area contributed by atoms with E-state index in [0.29, 0.717) is 25.5 Å². The van der Waals surface area contributed by atoms with E-state index in [-0.39, 0.29) is 11.7 Å². The Bertz CT molecular complexity index is 395. The molecule has 19 heavy (non-hydrogen) atoms. The Balaban J connectivity index is 2.46. The van der Waals surface area contributed by atoms with Gasteiger partial charge in [0.05, 0.1) is 12.8 Å². The van der Waals surface area contributed by atoms with E-state index in [1.807, 2.05) is 25.8 Å². The second-order valence-corrected chi connectivity index (χ2v) is 4.59. The van der Waals surface area contributed by atoms with Crippen molar-refractivity contribution >= 4 is 5.78 Å². The number of Topliss-reactive ketones (excluding diaryl/α,β-unsaturated/α-hetero) is 1. The zero-order valence-electron chi connectivity index (χ0n) is 11.7. The minimum Gasteiger partial charge on any atom is -0.380 e. The molecule has 0 aliphatic rings. The van der Waals surface area contributed by atoms with Gasteiger partial charge >= 0.3 is 0 Å². The molecule has 0 saturated heterocycles. The predicted octanol–water partition coefficient (Wildman–Crippen LogP) is 2.01. The number of aromatic nitrogens is 1. The van der Waals surface area contributed by atoms with E-state index in [0.717, 1.165) is 12.7 Å². The predicted molar refractivity (Wildman–Crippen MR) is 71.7 cm³/mol. The number of carbonyl (C=O) groups is 1. The van der Waals surface area contributed by atoms with Gasteiger partial charge in [-0.3, -0.25) is 9.78 Å². The minimum absolute atomic E-state index is 0.0664. The fourth-order valence-electron chi connectivity index (χ4n) is 1.78. The number of hydrogen-bond donors (Lipinski definition) is 0. The molecule has 0 aliphatic carbocycles. The molecular weight excluding hydrogens is 247 g/mol. The topological polar surface area (TPSA) is 42.4 Å². The van der Waals surface area contributed by atoms with Gasteiger partial charge in [0.15, 0.2) is 5.78 Å². The summed E-state index contributed by atoms with van der Waals surface area (Å²) in [5, 5.41) is 0. The number of rotatable bonds is 8. The highest BCUT2D eigenvalue weighted by Gasteiger charge is 2.18. The third-order valence-electron chi connectivity index (χ3n) is 2.83. The Labute approximate surface area is 113 Å². The van der Waals surface area contributed by atoms with E-state index in [1.54, 1.807) is 0 Å². The second kappa shape index (κ2) is 7.96. The van der Waals surface area contributed by atoms with Crippen molar-refractivity contribution in [1.29, 1.82) is 0 Å². The van der Waals surface area contributed by atoms with Crippen LogP contribution in [0.5, 0.6) is 0 Å².